The third-order valence-electron chi connectivity index (χ3n) is 5.84. The fourth-order valence-corrected chi connectivity index (χ4v) is 3.76. The van der Waals surface area contributed by atoms with Crippen molar-refractivity contribution in [2.24, 2.45) is 11.5 Å². The van der Waals surface area contributed by atoms with E-state index >= 15 is 0 Å². The van der Waals surface area contributed by atoms with Gasteiger partial charge in [0.25, 0.3) is 0 Å². The van der Waals surface area contributed by atoms with E-state index < -0.39 is 0 Å². The third kappa shape index (κ3) is 22.0. The molecule has 0 radical (unpaired) electrons. The maximum absolute atomic E-state index is 11.7. The maximum Gasteiger partial charge on any atom is 0.236 e. The van der Waals surface area contributed by atoms with E-state index in [1.807, 2.05) is 0 Å². The highest BCUT2D eigenvalue weighted by molar-refractivity contribution is 5.81. The van der Waals surface area contributed by atoms with Crippen molar-refractivity contribution in [1.29, 1.82) is 0 Å². The van der Waals surface area contributed by atoms with Gasteiger partial charge in [-0.15, -0.1) is 0 Å². The monoisotopic (exact) mass is 426 g/mol. The van der Waals surface area contributed by atoms with Gasteiger partial charge in [-0.2, -0.15) is 0 Å². The maximum atomic E-state index is 11.7. The van der Waals surface area contributed by atoms with Crippen LogP contribution in [0, 0.1) is 0 Å². The standard InChI is InChI=1S/C25H54N4O/c1-2-3-4-5-6-7-8-9-10-11-12-13-14-16-21-28-22-17-15-19-24(27)25(30)29-23-18-20-26/h24,28H,2-23,26-27H2,1H3,(H,29,30)/t24-/m0/s1. The molecule has 0 rings (SSSR count). The Morgan fingerprint density at radius 2 is 1.13 bits per heavy atom. The second-order valence-corrected chi connectivity index (χ2v) is 8.88. The molecule has 0 spiro atoms. The normalized spacial score (nSPS) is 12.2. The van der Waals surface area contributed by atoms with Crippen LogP contribution in [0.5, 0.6) is 0 Å². The van der Waals surface area contributed by atoms with E-state index in [0.29, 0.717) is 13.1 Å². The zero-order chi connectivity index (χ0) is 22.1. The van der Waals surface area contributed by atoms with Crippen molar-refractivity contribution in [3.05, 3.63) is 0 Å². The van der Waals surface area contributed by atoms with Gasteiger partial charge in [-0.1, -0.05) is 96.8 Å². The Morgan fingerprint density at radius 1 is 0.667 bits per heavy atom. The molecule has 1 amide bonds. The number of nitrogens with two attached hydrogens (primary N) is 2. The zero-order valence-electron chi connectivity index (χ0n) is 20.2. The Morgan fingerprint density at radius 3 is 1.63 bits per heavy atom. The van der Waals surface area contributed by atoms with Crippen LogP contribution >= 0.6 is 0 Å². The highest BCUT2D eigenvalue weighted by Gasteiger charge is 2.11. The van der Waals surface area contributed by atoms with Crippen LogP contribution in [0.15, 0.2) is 0 Å². The van der Waals surface area contributed by atoms with Crippen molar-refractivity contribution >= 4 is 5.91 Å². The van der Waals surface area contributed by atoms with Crippen molar-refractivity contribution in [2.45, 2.75) is 129 Å². The van der Waals surface area contributed by atoms with Crippen LogP contribution in [0.2, 0.25) is 0 Å². The summed E-state index contributed by atoms with van der Waals surface area (Å²) in [7, 11) is 0. The quantitative estimate of drug-likeness (QED) is 0.163. The van der Waals surface area contributed by atoms with E-state index in [-0.39, 0.29) is 11.9 Å². The summed E-state index contributed by atoms with van der Waals surface area (Å²) in [5, 5.41) is 6.35. The number of hydrogen-bond donors (Lipinski definition) is 4. The Hall–Kier alpha value is -0.650. The Kier molecular flexibility index (Phi) is 24.1. The molecule has 0 saturated carbocycles. The molecule has 0 aliphatic carbocycles. The van der Waals surface area contributed by atoms with Crippen LogP contribution in [0.4, 0.5) is 0 Å². The fraction of sp³-hybridized carbons (Fsp3) is 0.960. The molecule has 0 aromatic carbocycles. The summed E-state index contributed by atoms with van der Waals surface area (Å²) in [5.41, 5.74) is 11.3. The van der Waals surface area contributed by atoms with Crippen molar-refractivity contribution in [3.8, 4) is 0 Å². The molecule has 180 valence electrons. The highest BCUT2D eigenvalue weighted by Crippen LogP contribution is 2.12. The molecule has 30 heavy (non-hydrogen) atoms. The molecule has 1 atom stereocenters. The molecule has 0 bridgehead atoms. The SMILES string of the molecule is CCCCCCCCCCCCCCCCNCCCC[C@H](N)C(=O)NCCCN. The highest BCUT2D eigenvalue weighted by atomic mass is 16.2. The van der Waals surface area contributed by atoms with Gasteiger partial charge in [0.05, 0.1) is 6.04 Å². The fourth-order valence-electron chi connectivity index (χ4n) is 3.76. The van der Waals surface area contributed by atoms with Crippen LogP contribution < -0.4 is 22.1 Å². The van der Waals surface area contributed by atoms with Gasteiger partial charge in [-0.25, -0.2) is 0 Å². The molecule has 0 heterocycles. The predicted octanol–water partition coefficient (Wildman–Crippen LogP) is 5.02. The van der Waals surface area contributed by atoms with Gasteiger partial charge in [-0.3, -0.25) is 4.79 Å². The zero-order valence-corrected chi connectivity index (χ0v) is 20.2. The number of carbonyl (C=O) groups is 1. The third-order valence-corrected chi connectivity index (χ3v) is 5.84. The van der Waals surface area contributed by atoms with E-state index in [0.717, 1.165) is 38.8 Å². The molecule has 6 N–H and O–H groups in total. The lowest BCUT2D eigenvalue weighted by molar-refractivity contribution is -0.122. The lowest BCUT2D eigenvalue weighted by Crippen LogP contribution is -2.41. The van der Waals surface area contributed by atoms with Crippen LogP contribution in [0.1, 0.15) is 122 Å². The average Bonchev–Trinajstić information content (AvgIpc) is 2.75. The number of rotatable bonds is 24. The summed E-state index contributed by atoms with van der Waals surface area (Å²) in [4.78, 5) is 11.7. The second kappa shape index (κ2) is 24.6. The largest absolute Gasteiger partial charge is 0.355 e. The summed E-state index contributed by atoms with van der Waals surface area (Å²) in [6, 6.07) is -0.381. The average molecular weight is 427 g/mol. The summed E-state index contributed by atoms with van der Waals surface area (Å²) in [5.74, 6) is -0.0428. The Balaban J connectivity index is 3.17. The molecule has 0 aliphatic rings. The predicted molar refractivity (Wildman–Crippen MR) is 132 cm³/mol. The van der Waals surface area contributed by atoms with Crippen molar-refractivity contribution < 1.29 is 4.79 Å². The molecule has 0 fully saturated rings. The van der Waals surface area contributed by atoms with Crippen LogP contribution in [0.25, 0.3) is 0 Å². The molecule has 0 aliphatic heterocycles. The van der Waals surface area contributed by atoms with Gasteiger partial charge in [0.1, 0.15) is 0 Å². The topological polar surface area (TPSA) is 93.2 Å². The molecule has 0 aromatic heterocycles. The number of carbonyl (C=O) groups excluding carboxylic acids is 1. The molecule has 5 nitrogen and oxygen atoms in total. The van der Waals surface area contributed by atoms with Gasteiger partial charge < -0.3 is 22.1 Å². The van der Waals surface area contributed by atoms with Gasteiger partial charge in [0.2, 0.25) is 5.91 Å². The number of unbranched alkanes of at least 4 members (excludes halogenated alkanes) is 14. The minimum absolute atomic E-state index is 0.0428. The van der Waals surface area contributed by atoms with Gasteiger partial charge in [-0.05, 0) is 45.3 Å². The van der Waals surface area contributed by atoms with E-state index in [4.69, 9.17) is 11.5 Å². The smallest absolute Gasteiger partial charge is 0.236 e. The van der Waals surface area contributed by atoms with Crippen molar-refractivity contribution in [2.75, 3.05) is 26.2 Å². The second-order valence-electron chi connectivity index (χ2n) is 8.88. The van der Waals surface area contributed by atoms with E-state index in [2.05, 4.69) is 17.6 Å². The van der Waals surface area contributed by atoms with Crippen LogP contribution in [0.3, 0.4) is 0 Å². The van der Waals surface area contributed by atoms with Gasteiger partial charge in [0.15, 0.2) is 0 Å². The van der Waals surface area contributed by atoms with Crippen LogP contribution in [-0.2, 0) is 4.79 Å². The summed E-state index contributed by atoms with van der Waals surface area (Å²) in [6.45, 7) is 5.65. The molecule has 0 aromatic rings. The first kappa shape index (κ1) is 29.4. The number of amides is 1. The summed E-state index contributed by atoms with van der Waals surface area (Å²) >= 11 is 0. The summed E-state index contributed by atoms with van der Waals surface area (Å²) in [6.07, 6.45) is 23.3. The number of nitrogens with one attached hydrogen (secondary N) is 2. The molecule has 0 unspecified atom stereocenters. The minimum atomic E-state index is -0.381. The first-order valence-electron chi connectivity index (χ1n) is 13.2. The first-order valence-corrected chi connectivity index (χ1v) is 13.2. The van der Waals surface area contributed by atoms with Crippen molar-refractivity contribution in [1.82, 2.24) is 10.6 Å². The number of hydrogen-bond acceptors (Lipinski definition) is 4. The lowest BCUT2D eigenvalue weighted by Gasteiger charge is -2.12. The minimum Gasteiger partial charge on any atom is -0.355 e. The first-order chi connectivity index (χ1) is 14.7. The molecular weight excluding hydrogens is 372 g/mol. The molecule has 0 saturated heterocycles. The molecular formula is C25H54N4O. The van der Waals surface area contributed by atoms with Crippen LogP contribution in [-0.4, -0.2) is 38.1 Å². The lowest BCUT2D eigenvalue weighted by atomic mass is 10.0. The summed E-state index contributed by atoms with van der Waals surface area (Å²) < 4.78 is 0. The van der Waals surface area contributed by atoms with Gasteiger partial charge in [0, 0.05) is 6.54 Å². The van der Waals surface area contributed by atoms with Gasteiger partial charge >= 0.3 is 0 Å². The Bertz CT molecular complexity index is 352. The van der Waals surface area contributed by atoms with Crippen molar-refractivity contribution in [3.63, 3.8) is 0 Å². The van der Waals surface area contributed by atoms with E-state index in [9.17, 15) is 4.79 Å². The van der Waals surface area contributed by atoms with E-state index in [1.54, 1.807) is 0 Å². The van der Waals surface area contributed by atoms with E-state index in [1.165, 1.54) is 89.9 Å². The Labute approximate surface area is 187 Å². The molecule has 5 heteroatoms.